The van der Waals surface area contributed by atoms with Gasteiger partial charge in [0.25, 0.3) is 5.91 Å². The summed E-state index contributed by atoms with van der Waals surface area (Å²) in [7, 11) is 3.09. The predicted molar refractivity (Wildman–Crippen MR) is 98.5 cm³/mol. The van der Waals surface area contributed by atoms with Crippen molar-refractivity contribution in [3.63, 3.8) is 0 Å². The van der Waals surface area contributed by atoms with Gasteiger partial charge >= 0.3 is 0 Å². The Morgan fingerprint density at radius 2 is 1.84 bits per heavy atom. The quantitative estimate of drug-likeness (QED) is 0.874. The van der Waals surface area contributed by atoms with Crippen molar-refractivity contribution in [3.8, 4) is 11.5 Å². The molecule has 0 bridgehead atoms. The number of likely N-dealkylation sites (tertiary alicyclic amines) is 1. The van der Waals surface area contributed by atoms with E-state index in [0.717, 1.165) is 25.3 Å². The van der Waals surface area contributed by atoms with Crippen LogP contribution in [-0.2, 0) is 6.54 Å². The van der Waals surface area contributed by atoms with Crippen molar-refractivity contribution in [2.45, 2.75) is 19.4 Å². The van der Waals surface area contributed by atoms with Crippen LogP contribution in [0.5, 0.6) is 11.5 Å². The smallest absolute Gasteiger partial charge is 0.259 e. The number of anilines is 1. The van der Waals surface area contributed by atoms with Gasteiger partial charge in [0.2, 0.25) is 0 Å². The Balaban J connectivity index is 1.75. The maximum atomic E-state index is 12.7. The Kier molecular flexibility index (Phi) is 5.56. The van der Waals surface area contributed by atoms with E-state index in [1.54, 1.807) is 25.3 Å². The first-order chi connectivity index (χ1) is 12.2. The Labute approximate surface area is 148 Å². The molecule has 0 aromatic heterocycles. The number of carbonyl (C=O) groups excluding carboxylic acids is 1. The zero-order chi connectivity index (χ0) is 17.6. The lowest BCUT2D eigenvalue weighted by molar-refractivity contribution is 0.102. The van der Waals surface area contributed by atoms with Gasteiger partial charge < -0.3 is 14.8 Å². The number of methoxy groups -OCH3 is 2. The summed E-state index contributed by atoms with van der Waals surface area (Å²) < 4.78 is 10.6. The van der Waals surface area contributed by atoms with E-state index in [1.807, 2.05) is 18.2 Å². The molecule has 2 aromatic rings. The molecule has 132 valence electrons. The first-order valence-corrected chi connectivity index (χ1v) is 8.55. The highest BCUT2D eigenvalue weighted by Gasteiger charge is 2.17. The summed E-state index contributed by atoms with van der Waals surface area (Å²) in [5.74, 6) is 0.766. The summed E-state index contributed by atoms with van der Waals surface area (Å²) in [6.45, 7) is 3.22. The molecule has 1 fully saturated rings. The van der Waals surface area contributed by atoms with Crippen molar-refractivity contribution in [2.24, 2.45) is 0 Å². The molecule has 0 aliphatic carbocycles. The molecule has 0 unspecified atom stereocenters. The van der Waals surface area contributed by atoms with Gasteiger partial charge in [0.1, 0.15) is 0 Å². The SMILES string of the molecule is COc1cccc(C(=O)Nc2cccc(CN3CCCC3)c2)c1OC. The van der Waals surface area contributed by atoms with Crippen LogP contribution in [0.2, 0.25) is 0 Å². The molecular formula is C20H24N2O3. The second-order valence-electron chi connectivity index (χ2n) is 6.18. The molecule has 1 saturated heterocycles. The second kappa shape index (κ2) is 8.03. The van der Waals surface area contributed by atoms with Crippen LogP contribution in [0.1, 0.15) is 28.8 Å². The summed E-state index contributed by atoms with van der Waals surface area (Å²) in [5, 5.41) is 2.96. The molecule has 0 atom stereocenters. The van der Waals surface area contributed by atoms with Crippen LogP contribution < -0.4 is 14.8 Å². The number of amides is 1. The zero-order valence-electron chi connectivity index (χ0n) is 14.7. The molecule has 1 N–H and O–H groups in total. The number of para-hydroxylation sites is 1. The number of carbonyl (C=O) groups is 1. The van der Waals surface area contributed by atoms with Gasteiger partial charge in [-0.3, -0.25) is 9.69 Å². The minimum absolute atomic E-state index is 0.214. The largest absolute Gasteiger partial charge is 0.493 e. The number of ether oxygens (including phenoxy) is 2. The van der Waals surface area contributed by atoms with Crippen molar-refractivity contribution in [1.82, 2.24) is 4.90 Å². The predicted octanol–water partition coefficient (Wildman–Crippen LogP) is 3.55. The van der Waals surface area contributed by atoms with Crippen LogP contribution >= 0.6 is 0 Å². The van der Waals surface area contributed by atoms with Gasteiger partial charge in [-0.15, -0.1) is 0 Å². The summed E-state index contributed by atoms with van der Waals surface area (Å²) in [4.78, 5) is 15.1. The minimum Gasteiger partial charge on any atom is -0.493 e. The summed E-state index contributed by atoms with van der Waals surface area (Å²) in [5.41, 5.74) is 2.44. The highest BCUT2D eigenvalue weighted by atomic mass is 16.5. The van der Waals surface area contributed by atoms with Crippen LogP contribution in [-0.4, -0.2) is 38.1 Å². The summed E-state index contributed by atoms with van der Waals surface area (Å²) in [6, 6.07) is 13.3. The van der Waals surface area contributed by atoms with Crippen LogP contribution in [0.25, 0.3) is 0 Å². The second-order valence-corrected chi connectivity index (χ2v) is 6.18. The highest BCUT2D eigenvalue weighted by molar-refractivity contribution is 6.06. The van der Waals surface area contributed by atoms with E-state index in [0.29, 0.717) is 17.1 Å². The van der Waals surface area contributed by atoms with Gasteiger partial charge in [-0.25, -0.2) is 0 Å². The fourth-order valence-corrected chi connectivity index (χ4v) is 3.21. The Morgan fingerprint density at radius 1 is 1.08 bits per heavy atom. The molecule has 0 saturated carbocycles. The molecule has 0 radical (unpaired) electrons. The lowest BCUT2D eigenvalue weighted by Crippen LogP contribution is -2.18. The standard InChI is InChI=1S/C20H24N2O3/c1-24-18-10-6-9-17(19(18)25-2)20(23)21-16-8-5-7-15(13-16)14-22-11-3-4-12-22/h5-10,13H,3-4,11-12,14H2,1-2H3,(H,21,23). The zero-order valence-corrected chi connectivity index (χ0v) is 14.7. The van der Waals surface area contributed by atoms with Crippen molar-refractivity contribution < 1.29 is 14.3 Å². The number of benzene rings is 2. The van der Waals surface area contributed by atoms with Crippen LogP contribution in [0.4, 0.5) is 5.69 Å². The summed E-state index contributed by atoms with van der Waals surface area (Å²) >= 11 is 0. The molecule has 1 heterocycles. The van der Waals surface area contributed by atoms with Crippen molar-refractivity contribution >= 4 is 11.6 Å². The number of hydrogen-bond donors (Lipinski definition) is 1. The van der Waals surface area contributed by atoms with Crippen LogP contribution in [0.3, 0.4) is 0 Å². The fraction of sp³-hybridized carbons (Fsp3) is 0.350. The third-order valence-corrected chi connectivity index (χ3v) is 4.44. The lowest BCUT2D eigenvalue weighted by Gasteiger charge is -2.16. The molecular weight excluding hydrogens is 316 g/mol. The van der Waals surface area contributed by atoms with Crippen molar-refractivity contribution in [2.75, 3.05) is 32.6 Å². The maximum Gasteiger partial charge on any atom is 0.259 e. The maximum absolute atomic E-state index is 12.7. The lowest BCUT2D eigenvalue weighted by atomic mass is 10.1. The number of hydrogen-bond acceptors (Lipinski definition) is 4. The Bertz CT molecular complexity index is 739. The van der Waals surface area contributed by atoms with E-state index in [1.165, 1.54) is 25.5 Å². The molecule has 0 spiro atoms. The first kappa shape index (κ1) is 17.3. The molecule has 1 aliphatic heterocycles. The van der Waals surface area contributed by atoms with Gasteiger partial charge in [0.05, 0.1) is 19.8 Å². The number of nitrogens with one attached hydrogen (secondary N) is 1. The molecule has 25 heavy (non-hydrogen) atoms. The third-order valence-electron chi connectivity index (χ3n) is 4.44. The van der Waals surface area contributed by atoms with Gasteiger partial charge in [-0.2, -0.15) is 0 Å². The van der Waals surface area contributed by atoms with Gasteiger partial charge in [-0.1, -0.05) is 18.2 Å². The van der Waals surface area contributed by atoms with Gasteiger partial charge in [0, 0.05) is 12.2 Å². The Morgan fingerprint density at radius 3 is 2.56 bits per heavy atom. The van der Waals surface area contributed by atoms with E-state index in [-0.39, 0.29) is 5.91 Å². The molecule has 5 nitrogen and oxygen atoms in total. The first-order valence-electron chi connectivity index (χ1n) is 8.55. The fourth-order valence-electron chi connectivity index (χ4n) is 3.21. The molecule has 3 rings (SSSR count). The molecule has 5 heteroatoms. The van der Waals surface area contributed by atoms with E-state index >= 15 is 0 Å². The number of nitrogens with zero attached hydrogens (tertiary/aromatic N) is 1. The minimum atomic E-state index is -0.214. The van der Waals surface area contributed by atoms with E-state index in [2.05, 4.69) is 16.3 Å². The normalized spacial score (nSPS) is 14.3. The van der Waals surface area contributed by atoms with E-state index in [9.17, 15) is 4.79 Å². The van der Waals surface area contributed by atoms with E-state index in [4.69, 9.17) is 9.47 Å². The summed E-state index contributed by atoms with van der Waals surface area (Å²) in [6.07, 6.45) is 2.54. The monoisotopic (exact) mass is 340 g/mol. The van der Waals surface area contributed by atoms with E-state index < -0.39 is 0 Å². The molecule has 1 amide bonds. The van der Waals surface area contributed by atoms with Gasteiger partial charge in [0.15, 0.2) is 11.5 Å². The molecule has 2 aromatic carbocycles. The van der Waals surface area contributed by atoms with Gasteiger partial charge in [-0.05, 0) is 55.8 Å². The van der Waals surface area contributed by atoms with Crippen LogP contribution in [0, 0.1) is 0 Å². The van der Waals surface area contributed by atoms with Crippen LogP contribution in [0.15, 0.2) is 42.5 Å². The average Bonchev–Trinajstić information content (AvgIpc) is 3.14. The molecule has 1 aliphatic rings. The van der Waals surface area contributed by atoms with Crippen molar-refractivity contribution in [1.29, 1.82) is 0 Å². The number of rotatable bonds is 6. The third kappa shape index (κ3) is 4.12. The average molecular weight is 340 g/mol. The highest BCUT2D eigenvalue weighted by Crippen LogP contribution is 2.31. The van der Waals surface area contributed by atoms with Crippen molar-refractivity contribution in [3.05, 3.63) is 53.6 Å². The topological polar surface area (TPSA) is 50.8 Å². The Hall–Kier alpha value is -2.53.